The van der Waals surface area contributed by atoms with Crippen LogP contribution in [0.4, 0.5) is 0 Å². The minimum Gasteiger partial charge on any atom is -0.352 e. The number of hydrogen-bond acceptors (Lipinski definition) is 3. The Balaban J connectivity index is 2.04. The van der Waals surface area contributed by atoms with Crippen molar-refractivity contribution >= 4 is 16.9 Å². The van der Waals surface area contributed by atoms with Crippen LogP contribution in [-0.4, -0.2) is 21.6 Å². The summed E-state index contributed by atoms with van der Waals surface area (Å²) in [7, 11) is 0. The maximum atomic E-state index is 12.6. The van der Waals surface area contributed by atoms with Gasteiger partial charge in [0, 0.05) is 18.7 Å². The van der Waals surface area contributed by atoms with E-state index in [1.807, 2.05) is 38.1 Å². The van der Waals surface area contributed by atoms with Gasteiger partial charge in [0.15, 0.2) is 0 Å². The summed E-state index contributed by atoms with van der Waals surface area (Å²) >= 11 is 0. The number of rotatable bonds is 5. The Morgan fingerprint density at radius 1 is 0.885 bits per heavy atom. The largest absolute Gasteiger partial charge is 0.352 e. The van der Waals surface area contributed by atoms with E-state index in [1.54, 1.807) is 24.3 Å². The van der Waals surface area contributed by atoms with Crippen molar-refractivity contribution < 1.29 is 4.79 Å². The molecule has 0 bridgehead atoms. The van der Waals surface area contributed by atoms with Crippen molar-refractivity contribution in [2.75, 3.05) is 6.54 Å². The smallest absolute Gasteiger partial charge is 0.317 e. The molecule has 0 spiro atoms. The van der Waals surface area contributed by atoms with Gasteiger partial charge in [0.1, 0.15) is 0 Å². The van der Waals surface area contributed by atoms with Crippen LogP contribution in [0.25, 0.3) is 11.0 Å². The van der Waals surface area contributed by atoms with E-state index < -0.39 is 11.1 Å². The number of carbonyl (C=O) groups is 1. The average molecular weight is 351 g/mol. The molecule has 0 saturated heterocycles. The van der Waals surface area contributed by atoms with Gasteiger partial charge in [-0.15, -0.1) is 0 Å². The number of fused-ring (bicyclic) bond motifs is 1. The van der Waals surface area contributed by atoms with Crippen LogP contribution in [0.3, 0.4) is 0 Å². The van der Waals surface area contributed by atoms with Gasteiger partial charge in [0.05, 0.1) is 17.6 Å². The van der Waals surface area contributed by atoms with E-state index in [0.29, 0.717) is 24.2 Å². The van der Waals surface area contributed by atoms with E-state index in [0.717, 1.165) is 11.1 Å². The summed E-state index contributed by atoms with van der Waals surface area (Å²) in [5.41, 5.74) is 1.79. The number of aromatic nitrogens is 2. The number of carbonyl (C=O) groups excluding carboxylic acids is 1. The van der Waals surface area contributed by atoms with E-state index in [1.165, 1.54) is 9.13 Å². The minimum absolute atomic E-state index is 0.132. The van der Waals surface area contributed by atoms with Gasteiger partial charge in [0.25, 0.3) is 5.91 Å². The fraction of sp³-hybridized carbons (Fsp3) is 0.250. The number of hydrogen-bond donors (Lipinski definition) is 1. The van der Waals surface area contributed by atoms with Gasteiger partial charge >= 0.3 is 11.1 Å². The summed E-state index contributed by atoms with van der Waals surface area (Å²) in [5.74, 6) is -0.132. The molecule has 1 heterocycles. The first kappa shape index (κ1) is 17.7. The molecule has 6 nitrogen and oxygen atoms in total. The second-order valence-electron chi connectivity index (χ2n) is 5.99. The molecule has 6 heteroatoms. The maximum absolute atomic E-state index is 12.6. The molecule has 0 saturated carbocycles. The highest BCUT2D eigenvalue weighted by atomic mass is 16.2. The number of amides is 1. The standard InChI is InChI=1S/C20H21N3O3/c1-3-21-18(24)15-11-9-14(10-12-15)13-23-17-8-6-5-7-16(17)22(4-2)19(25)20(23)26/h5-12H,3-4,13H2,1-2H3,(H,21,24). The lowest BCUT2D eigenvalue weighted by molar-refractivity contribution is 0.0956. The molecule has 0 aliphatic carbocycles. The van der Waals surface area contributed by atoms with Crippen molar-refractivity contribution in [2.24, 2.45) is 0 Å². The first-order chi connectivity index (χ1) is 12.6. The highest BCUT2D eigenvalue weighted by molar-refractivity contribution is 5.94. The molecule has 134 valence electrons. The zero-order chi connectivity index (χ0) is 18.7. The van der Waals surface area contributed by atoms with Gasteiger partial charge in [-0.2, -0.15) is 0 Å². The zero-order valence-electron chi connectivity index (χ0n) is 14.9. The third kappa shape index (κ3) is 3.18. The summed E-state index contributed by atoms with van der Waals surface area (Å²) in [6, 6.07) is 14.4. The Morgan fingerprint density at radius 3 is 2.04 bits per heavy atom. The summed E-state index contributed by atoms with van der Waals surface area (Å²) in [4.78, 5) is 36.9. The van der Waals surface area contributed by atoms with Gasteiger partial charge in [-0.1, -0.05) is 24.3 Å². The van der Waals surface area contributed by atoms with E-state index in [4.69, 9.17) is 0 Å². The van der Waals surface area contributed by atoms with Gasteiger partial charge < -0.3 is 9.88 Å². The Labute approximate surface area is 150 Å². The van der Waals surface area contributed by atoms with Crippen LogP contribution >= 0.6 is 0 Å². The van der Waals surface area contributed by atoms with Gasteiger partial charge in [-0.3, -0.25) is 19.0 Å². The van der Waals surface area contributed by atoms with Crippen molar-refractivity contribution in [1.82, 2.24) is 14.5 Å². The molecule has 2 aromatic carbocycles. The Bertz CT molecular complexity index is 1060. The Kier molecular flexibility index (Phi) is 5.02. The molecule has 0 aliphatic heterocycles. The molecule has 1 amide bonds. The van der Waals surface area contributed by atoms with E-state index >= 15 is 0 Å². The molecule has 1 aromatic heterocycles. The lowest BCUT2D eigenvalue weighted by Crippen LogP contribution is -2.41. The molecule has 0 aliphatic rings. The van der Waals surface area contributed by atoms with Crippen molar-refractivity contribution in [2.45, 2.75) is 26.9 Å². The lowest BCUT2D eigenvalue weighted by Gasteiger charge is -2.14. The number of nitrogens with zero attached hydrogens (tertiary/aromatic N) is 2. The summed E-state index contributed by atoms with van der Waals surface area (Å²) in [6.45, 7) is 4.99. The third-order valence-electron chi connectivity index (χ3n) is 4.35. The van der Waals surface area contributed by atoms with Crippen LogP contribution in [0.1, 0.15) is 29.8 Å². The van der Waals surface area contributed by atoms with E-state index in [-0.39, 0.29) is 12.5 Å². The molecule has 1 N–H and O–H groups in total. The molecular weight excluding hydrogens is 330 g/mol. The fourth-order valence-electron chi connectivity index (χ4n) is 3.05. The monoisotopic (exact) mass is 351 g/mol. The van der Waals surface area contributed by atoms with Gasteiger partial charge in [0.2, 0.25) is 0 Å². The molecule has 3 rings (SSSR count). The van der Waals surface area contributed by atoms with E-state index in [9.17, 15) is 14.4 Å². The van der Waals surface area contributed by atoms with Crippen LogP contribution in [0.5, 0.6) is 0 Å². The highest BCUT2D eigenvalue weighted by Crippen LogP contribution is 2.13. The Hall–Kier alpha value is -3.15. The topological polar surface area (TPSA) is 73.1 Å². The van der Waals surface area contributed by atoms with Crippen molar-refractivity contribution in [1.29, 1.82) is 0 Å². The molecule has 26 heavy (non-hydrogen) atoms. The van der Waals surface area contributed by atoms with E-state index in [2.05, 4.69) is 5.32 Å². The molecular formula is C20H21N3O3. The minimum atomic E-state index is -0.543. The van der Waals surface area contributed by atoms with Gasteiger partial charge in [-0.05, 0) is 43.7 Å². The Morgan fingerprint density at radius 2 is 1.46 bits per heavy atom. The molecule has 0 fully saturated rings. The average Bonchev–Trinajstić information content (AvgIpc) is 2.66. The number of nitrogens with one attached hydrogen (secondary N) is 1. The number of aryl methyl sites for hydroxylation is 1. The van der Waals surface area contributed by atoms with Crippen LogP contribution < -0.4 is 16.4 Å². The quantitative estimate of drug-likeness (QED) is 0.715. The second kappa shape index (κ2) is 7.39. The molecule has 0 unspecified atom stereocenters. The number of para-hydroxylation sites is 2. The molecule has 3 aromatic rings. The summed E-state index contributed by atoms with van der Waals surface area (Å²) in [6.07, 6.45) is 0. The highest BCUT2D eigenvalue weighted by Gasteiger charge is 2.12. The van der Waals surface area contributed by atoms with Crippen molar-refractivity contribution in [3.8, 4) is 0 Å². The van der Waals surface area contributed by atoms with Crippen LogP contribution in [0, 0.1) is 0 Å². The first-order valence-electron chi connectivity index (χ1n) is 8.66. The number of benzene rings is 2. The SMILES string of the molecule is CCNC(=O)c1ccc(Cn2c(=O)c(=O)n(CC)c3ccccc32)cc1. The first-order valence-corrected chi connectivity index (χ1v) is 8.66. The zero-order valence-corrected chi connectivity index (χ0v) is 14.9. The lowest BCUT2D eigenvalue weighted by atomic mass is 10.1. The van der Waals surface area contributed by atoms with Gasteiger partial charge in [-0.25, -0.2) is 0 Å². The third-order valence-corrected chi connectivity index (χ3v) is 4.35. The molecule has 0 atom stereocenters. The summed E-state index contributed by atoms with van der Waals surface area (Å²) in [5, 5.41) is 2.75. The van der Waals surface area contributed by atoms with Crippen molar-refractivity contribution in [3.63, 3.8) is 0 Å². The van der Waals surface area contributed by atoms with Crippen LogP contribution in [0.15, 0.2) is 58.1 Å². The summed E-state index contributed by atoms with van der Waals surface area (Å²) < 4.78 is 2.98. The fourth-order valence-corrected chi connectivity index (χ4v) is 3.05. The van der Waals surface area contributed by atoms with Crippen LogP contribution in [-0.2, 0) is 13.1 Å². The normalized spacial score (nSPS) is 10.8. The second-order valence-corrected chi connectivity index (χ2v) is 5.99. The predicted octanol–water partition coefficient (Wildman–Crippen LogP) is 1.98. The predicted molar refractivity (Wildman–Crippen MR) is 102 cm³/mol. The van der Waals surface area contributed by atoms with Crippen molar-refractivity contribution in [3.05, 3.63) is 80.4 Å². The molecule has 0 radical (unpaired) electrons. The maximum Gasteiger partial charge on any atom is 0.317 e. The van der Waals surface area contributed by atoms with Crippen LogP contribution in [0.2, 0.25) is 0 Å².